The Hall–Kier alpha value is -2.67. The van der Waals surface area contributed by atoms with Crippen LogP contribution in [0.25, 0.3) is 5.69 Å². The molecule has 0 unspecified atom stereocenters. The number of aromatic nitrogens is 2. The molecule has 2 fully saturated rings. The van der Waals surface area contributed by atoms with Crippen molar-refractivity contribution >= 4 is 11.8 Å². The van der Waals surface area contributed by atoms with Crippen molar-refractivity contribution in [3.63, 3.8) is 0 Å². The third-order valence-electron chi connectivity index (χ3n) is 6.10. The average Bonchev–Trinajstić information content (AvgIpc) is 3.29. The van der Waals surface area contributed by atoms with Gasteiger partial charge in [0.1, 0.15) is 0 Å². The number of carbonyl (C=O) groups excluding carboxylic acids is 2. The van der Waals surface area contributed by atoms with Crippen molar-refractivity contribution in [1.29, 1.82) is 0 Å². The van der Waals surface area contributed by atoms with E-state index in [0.717, 1.165) is 56.4 Å². The minimum atomic E-state index is 0.0277. The van der Waals surface area contributed by atoms with E-state index in [4.69, 9.17) is 5.10 Å². The van der Waals surface area contributed by atoms with E-state index in [1.807, 2.05) is 39.9 Å². The summed E-state index contributed by atoms with van der Waals surface area (Å²) in [6, 6.07) is 10.4. The number of para-hydroxylation sites is 1. The maximum absolute atomic E-state index is 13.2. The second-order valence-electron chi connectivity index (χ2n) is 8.28. The first-order valence-electron chi connectivity index (χ1n) is 10.7. The molecule has 0 spiro atoms. The molecule has 7 heteroatoms. The molecular weight excluding hydrogens is 366 g/mol. The molecule has 3 aliphatic rings. The monoisotopic (exact) mass is 393 g/mol. The standard InChI is InChI=1S/C22H27N5O2/c28-20(23-16-9-10-16)15-25-11-13-26(14-12-25)22(29)21-18-7-4-8-19(18)27(24-21)17-5-2-1-3-6-17/h1-3,5-6,16H,4,7-15H2,(H,23,28). The molecule has 1 aromatic carbocycles. The van der Waals surface area contributed by atoms with Gasteiger partial charge in [0.25, 0.3) is 5.91 Å². The first kappa shape index (κ1) is 18.4. The van der Waals surface area contributed by atoms with E-state index in [-0.39, 0.29) is 11.8 Å². The lowest BCUT2D eigenvalue weighted by atomic mass is 10.1. The number of rotatable bonds is 5. The van der Waals surface area contributed by atoms with E-state index in [9.17, 15) is 9.59 Å². The zero-order valence-corrected chi connectivity index (χ0v) is 16.6. The van der Waals surface area contributed by atoms with Crippen molar-refractivity contribution in [3.8, 4) is 5.69 Å². The third kappa shape index (κ3) is 3.79. The van der Waals surface area contributed by atoms with Crippen molar-refractivity contribution in [1.82, 2.24) is 24.9 Å². The number of benzene rings is 1. The normalized spacial score (nSPS) is 19.2. The molecule has 7 nitrogen and oxygen atoms in total. The second kappa shape index (κ2) is 7.63. The molecular formula is C22H27N5O2. The Morgan fingerprint density at radius 1 is 1.03 bits per heavy atom. The van der Waals surface area contributed by atoms with E-state index in [1.54, 1.807) is 0 Å². The van der Waals surface area contributed by atoms with Gasteiger partial charge in [-0.2, -0.15) is 5.10 Å². The van der Waals surface area contributed by atoms with Crippen LogP contribution < -0.4 is 5.32 Å². The van der Waals surface area contributed by atoms with E-state index in [0.29, 0.717) is 31.4 Å². The van der Waals surface area contributed by atoms with Crippen molar-refractivity contribution in [2.75, 3.05) is 32.7 Å². The van der Waals surface area contributed by atoms with Crippen LogP contribution in [0.5, 0.6) is 0 Å². The zero-order chi connectivity index (χ0) is 19.8. The number of piperazine rings is 1. The molecule has 2 aliphatic carbocycles. The van der Waals surface area contributed by atoms with E-state index in [2.05, 4.69) is 10.2 Å². The minimum Gasteiger partial charge on any atom is -0.352 e. The summed E-state index contributed by atoms with van der Waals surface area (Å²) in [5.41, 5.74) is 3.91. The molecule has 2 heterocycles. The fourth-order valence-electron chi connectivity index (χ4n) is 4.35. The van der Waals surface area contributed by atoms with Crippen LogP contribution in [0.3, 0.4) is 0 Å². The molecule has 2 amide bonds. The highest BCUT2D eigenvalue weighted by Gasteiger charge is 2.31. The fourth-order valence-corrected chi connectivity index (χ4v) is 4.35. The molecule has 1 aliphatic heterocycles. The smallest absolute Gasteiger partial charge is 0.274 e. The zero-order valence-electron chi connectivity index (χ0n) is 16.6. The van der Waals surface area contributed by atoms with Crippen LogP contribution in [-0.2, 0) is 17.6 Å². The topological polar surface area (TPSA) is 70.5 Å². The van der Waals surface area contributed by atoms with Crippen LogP contribution in [0.2, 0.25) is 0 Å². The van der Waals surface area contributed by atoms with Gasteiger partial charge >= 0.3 is 0 Å². The summed E-state index contributed by atoms with van der Waals surface area (Å²) in [5.74, 6) is 0.131. The van der Waals surface area contributed by atoms with Crippen molar-refractivity contribution < 1.29 is 9.59 Å². The highest BCUT2D eigenvalue weighted by atomic mass is 16.2. The predicted octanol–water partition coefficient (Wildman–Crippen LogP) is 1.40. The lowest BCUT2D eigenvalue weighted by Crippen LogP contribution is -2.51. The number of hydrogen-bond acceptors (Lipinski definition) is 4. The number of hydrogen-bond donors (Lipinski definition) is 1. The molecule has 1 N–H and O–H groups in total. The van der Waals surface area contributed by atoms with Gasteiger partial charge in [0.2, 0.25) is 5.91 Å². The summed E-state index contributed by atoms with van der Waals surface area (Å²) in [5, 5.41) is 7.77. The van der Waals surface area contributed by atoms with Gasteiger partial charge in [0.05, 0.1) is 12.2 Å². The average molecular weight is 393 g/mol. The van der Waals surface area contributed by atoms with Crippen LogP contribution in [0.4, 0.5) is 0 Å². The molecule has 0 radical (unpaired) electrons. The number of nitrogens with zero attached hydrogens (tertiary/aromatic N) is 4. The molecule has 29 heavy (non-hydrogen) atoms. The molecule has 0 bridgehead atoms. The van der Waals surface area contributed by atoms with Crippen molar-refractivity contribution in [2.24, 2.45) is 0 Å². The predicted molar refractivity (Wildman–Crippen MR) is 109 cm³/mol. The summed E-state index contributed by atoms with van der Waals surface area (Å²) in [7, 11) is 0. The highest BCUT2D eigenvalue weighted by Crippen LogP contribution is 2.28. The Kier molecular flexibility index (Phi) is 4.83. The lowest BCUT2D eigenvalue weighted by molar-refractivity contribution is -0.122. The van der Waals surface area contributed by atoms with Crippen LogP contribution in [0.15, 0.2) is 30.3 Å². The summed E-state index contributed by atoms with van der Waals surface area (Å²) in [6.07, 6.45) is 5.17. The van der Waals surface area contributed by atoms with Crippen molar-refractivity contribution in [3.05, 3.63) is 47.3 Å². The van der Waals surface area contributed by atoms with Crippen molar-refractivity contribution in [2.45, 2.75) is 38.1 Å². The Bertz CT molecular complexity index is 911. The molecule has 152 valence electrons. The van der Waals surface area contributed by atoms with Gasteiger partial charge in [-0.15, -0.1) is 0 Å². The van der Waals surface area contributed by atoms with Crippen LogP contribution in [0, 0.1) is 0 Å². The second-order valence-corrected chi connectivity index (χ2v) is 8.28. The first-order valence-corrected chi connectivity index (χ1v) is 10.7. The SMILES string of the molecule is O=C(CN1CCN(C(=O)c2nn(-c3ccccc3)c3c2CCC3)CC1)NC1CC1. The quantitative estimate of drug-likeness (QED) is 0.834. The van der Waals surface area contributed by atoms with E-state index < -0.39 is 0 Å². The minimum absolute atomic E-state index is 0.0277. The Morgan fingerprint density at radius 3 is 2.52 bits per heavy atom. The van der Waals surface area contributed by atoms with Crippen LogP contribution in [0.1, 0.15) is 41.0 Å². The lowest BCUT2D eigenvalue weighted by Gasteiger charge is -2.34. The van der Waals surface area contributed by atoms with Gasteiger partial charge < -0.3 is 10.2 Å². The number of carbonyl (C=O) groups is 2. The fraction of sp³-hybridized carbons (Fsp3) is 0.500. The Labute approximate surface area is 170 Å². The summed E-state index contributed by atoms with van der Waals surface area (Å²) < 4.78 is 1.95. The molecule has 2 aromatic rings. The number of nitrogens with one attached hydrogen (secondary N) is 1. The molecule has 5 rings (SSSR count). The maximum Gasteiger partial charge on any atom is 0.274 e. The number of amides is 2. The molecule has 0 atom stereocenters. The Balaban J connectivity index is 1.26. The third-order valence-corrected chi connectivity index (χ3v) is 6.10. The summed E-state index contributed by atoms with van der Waals surface area (Å²) in [4.78, 5) is 29.3. The van der Waals surface area contributed by atoms with E-state index >= 15 is 0 Å². The molecule has 1 saturated heterocycles. The van der Waals surface area contributed by atoms with Crippen LogP contribution >= 0.6 is 0 Å². The van der Waals surface area contributed by atoms with E-state index in [1.165, 1.54) is 5.69 Å². The number of fused-ring (bicyclic) bond motifs is 1. The van der Waals surface area contributed by atoms with Gasteiger partial charge in [0.15, 0.2) is 5.69 Å². The molecule has 1 aromatic heterocycles. The van der Waals surface area contributed by atoms with Gasteiger partial charge in [-0.3, -0.25) is 14.5 Å². The maximum atomic E-state index is 13.2. The molecule has 1 saturated carbocycles. The highest BCUT2D eigenvalue weighted by molar-refractivity contribution is 5.94. The summed E-state index contributed by atoms with van der Waals surface area (Å²) in [6.45, 7) is 3.17. The Morgan fingerprint density at radius 2 is 1.79 bits per heavy atom. The van der Waals surface area contributed by atoms with Gasteiger partial charge in [-0.05, 0) is 44.2 Å². The van der Waals surface area contributed by atoms with Gasteiger partial charge in [-0.1, -0.05) is 18.2 Å². The summed E-state index contributed by atoms with van der Waals surface area (Å²) >= 11 is 0. The first-order chi connectivity index (χ1) is 14.2. The largest absolute Gasteiger partial charge is 0.352 e. The van der Waals surface area contributed by atoms with Gasteiger partial charge in [0, 0.05) is 43.5 Å². The van der Waals surface area contributed by atoms with Gasteiger partial charge in [-0.25, -0.2) is 4.68 Å². The van der Waals surface area contributed by atoms with Crippen LogP contribution in [-0.4, -0.2) is 70.2 Å².